The first-order chi connectivity index (χ1) is 4.42. The second-order valence-corrected chi connectivity index (χ2v) is 10.1. The standard InChI is InChI=1S/C8H21NSi/c1-9(2)7-6-8-10(3,4)5/h6-8H2,1-5H3. The topological polar surface area (TPSA) is 3.24 Å². The molecular weight excluding hydrogens is 138 g/mol. The van der Waals surface area contributed by atoms with Gasteiger partial charge in [-0.2, -0.15) is 0 Å². The van der Waals surface area contributed by atoms with Gasteiger partial charge in [0.1, 0.15) is 0 Å². The molecule has 0 aliphatic heterocycles. The fraction of sp³-hybridized carbons (Fsp3) is 1.00. The van der Waals surface area contributed by atoms with Gasteiger partial charge in [0, 0.05) is 8.07 Å². The van der Waals surface area contributed by atoms with Gasteiger partial charge in [0.25, 0.3) is 0 Å². The highest BCUT2D eigenvalue weighted by molar-refractivity contribution is 6.76. The third-order valence-corrected chi connectivity index (χ3v) is 3.39. The molecular formula is C8H21NSi. The number of hydrogen-bond acceptors (Lipinski definition) is 1. The Labute approximate surface area is 66.4 Å². The Morgan fingerprint density at radius 3 is 1.90 bits per heavy atom. The summed E-state index contributed by atoms with van der Waals surface area (Å²) in [5.41, 5.74) is 0. The smallest absolute Gasteiger partial charge is 0.0443 e. The summed E-state index contributed by atoms with van der Waals surface area (Å²) in [4.78, 5) is 2.26. The second-order valence-electron chi connectivity index (χ2n) is 4.47. The highest BCUT2D eigenvalue weighted by atomic mass is 28.3. The van der Waals surface area contributed by atoms with E-state index in [4.69, 9.17) is 0 Å². The van der Waals surface area contributed by atoms with Crippen LogP contribution in [0.15, 0.2) is 0 Å². The normalized spacial score (nSPS) is 12.6. The van der Waals surface area contributed by atoms with Crippen molar-refractivity contribution in [3.05, 3.63) is 0 Å². The van der Waals surface area contributed by atoms with Gasteiger partial charge in [-0.15, -0.1) is 0 Å². The van der Waals surface area contributed by atoms with Crippen LogP contribution < -0.4 is 0 Å². The fourth-order valence-corrected chi connectivity index (χ4v) is 2.14. The van der Waals surface area contributed by atoms with Crippen LogP contribution in [0.1, 0.15) is 6.42 Å². The van der Waals surface area contributed by atoms with Crippen LogP contribution in [0, 0.1) is 0 Å². The van der Waals surface area contributed by atoms with Crippen molar-refractivity contribution in [3.8, 4) is 0 Å². The van der Waals surface area contributed by atoms with E-state index in [0.717, 1.165) is 0 Å². The van der Waals surface area contributed by atoms with Gasteiger partial charge in [0.2, 0.25) is 0 Å². The number of rotatable bonds is 4. The molecule has 0 fully saturated rings. The summed E-state index contributed by atoms with van der Waals surface area (Å²) < 4.78 is 0. The van der Waals surface area contributed by atoms with Crippen LogP contribution in [-0.4, -0.2) is 33.6 Å². The van der Waals surface area contributed by atoms with E-state index in [1.165, 1.54) is 19.0 Å². The van der Waals surface area contributed by atoms with Gasteiger partial charge >= 0.3 is 0 Å². The Kier molecular flexibility index (Phi) is 4.21. The molecule has 0 aromatic rings. The van der Waals surface area contributed by atoms with E-state index >= 15 is 0 Å². The fourth-order valence-electron chi connectivity index (χ4n) is 0.926. The number of hydrogen-bond donors (Lipinski definition) is 0. The second kappa shape index (κ2) is 4.14. The monoisotopic (exact) mass is 159 g/mol. The van der Waals surface area contributed by atoms with E-state index < -0.39 is 8.07 Å². The molecule has 0 spiro atoms. The van der Waals surface area contributed by atoms with Crippen LogP contribution in [0.4, 0.5) is 0 Å². The van der Waals surface area contributed by atoms with Gasteiger partial charge < -0.3 is 4.90 Å². The van der Waals surface area contributed by atoms with Gasteiger partial charge in [0.15, 0.2) is 0 Å². The molecule has 0 unspecified atom stereocenters. The molecule has 0 heterocycles. The van der Waals surface area contributed by atoms with Crippen molar-refractivity contribution in [3.63, 3.8) is 0 Å². The Bertz CT molecular complexity index is 83.7. The molecule has 0 atom stereocenters. The lowest BCUT2D eigenvalue weighted by Gasteiger charge is -2.17. The van der Waals surface area contributed by atoms with E-state index in [0.29, 0.717) is 0 Å². The van der Waals surface area contributed by atoms with Crippen LogP contribution in [-0.2, 0) is 0 Å². The third kappa shape index (κ3) is 8.18. The summed E-state index contributed by atoms with van der Waals surface area (Å²) >= 11 is 0. The van der Waals surface area contributed by atoms with E-state index in [9.17, 15) is 0 Å². The van der Waals surface area contributed by atoms with Gasteiger partial charge in [-0.25, -0.2) is 0 Å². The van der Waals surface area contributed by atoms with Gasteiger partial charge in [-0.1, -0.05) is 25.7 Å². The maximum absolute atomic E-state index is 2.43. The third-order valence-electron chi connectivity index (χ3n) is 1.53. The number of nitrogens with zero attached hydrogens (tertiary/aromatic N) is 1. The highest BCUT2D eigenvalue weighted by Crippen LogP contribution is 2.10. The van der Waals surface area contributed by atoms with Crippen molar-refractivity contribution < 1.29 is 0 Å². The van der Waals surface area contributed by atoms with E-state index in [1.807, 2.05) is 0 Å². The Morgan fingerprint density at radius 2 is 1.60 bits per heavy atom. The van der Waals surface area contributed by atoms with Crippen LogP contribution in [0.2, 0.25) is 25.7 Å². The molecule has 0 aromatic heterocycles. The molecule has 0 saturated heterocycles. The molecule has 10 heavy (non-hydrogen) atoms. The predicted molar refractivity (Wildman–Crippen MR) is 51.3 cm³/mol. The highest BCUT2D eigenvalue weighted by Gasteiger charge is 2.11. The van der Waals surface area contributed by atoms with Crippen molar-refractivity contribution in [2.45, 2.75) is 32.1 Å². The first-order valence-corrected chi connectivity index (χ1v) is 7.77. The quantitative estimate of drug-likeness (QED) is 0.569. The van der Waals surface area contributed by atoms with Crippen molar-refractivity contribution >= 4 is 8.07 Å². The zero-order valence-corrected chi connectivity index (χ0v) is 9.07. The summed E-state index contributed by atoms with van der Waals surface area (Å²) in [7, 11) is 3.54. The lowest BCUT2D eigenvalue weighted by Crippen LogP contribution is -2.22. The zero-order valence-electron chi connectivity index (χ0n) is 8.07. The Hall–Kier alpha value is 0.177. The minimum atomic E-state index is -0.751. The Balaban J connectivity index is 3.21. The molecule has 0 saturated carbocycles. The molecule has 0 aromatic carbocycles. The molecule has 62 valence electrons. The lowest BCUT2D eigenvalue weighted by molar-refractivity contribution is 0.407. The first kappa shape index (κ1) is 10.2. The maximum atomic E-state index is 2.43. The van der Waals surface area contributed by atoms with Crippen molar-refractivity contribution in [1.82, 2.24) is 4.90 Å². The van der Waals surface area contributed by atoms with Gasteiger partial charge in [0.05, 0.1) is 0 Å². The minimum Gasteiger partial charge on any atom is -0.309 e. The van der Waals surface area contributed by atoms with Gasteiger partial charge in [-0.05, 0) is 27.1 Å². The molecule has 0 aliphatic carbocycles. The van der Waals surface area contributed by atoms with Crippen LogP contribution >= 0.6 is 0 Å². The molecule has 2 heteroatoms. The lowest BCUT2D eigenvalue weighted by atomic mass is 10.5. The molecule has 0 bridgehead atoms. The summed E-state index contributed by atoms with van der Waals surface area (Å²) in [6, 6.07) is 1.46. The van der Waals surface area contributed by atoms with E-state index in [2.05, 4.69) is 38.6 Å². The largest absolute Gasteiger partial charge is 0.309 e. The van der Waals surface area contributed by atoms with Crippen LogP contribution in [0.25, 0.3) is 0 Å². The van der Waals surface area contributed by atoms with Gasteiger partial charge in [-0.3, -0.25) is 0 Å². The molecule has 0 amide bonds. The summed E-state index contributed by atoms with van der Waals surface area (Å²) in [6.45, 7) is 8.55. The molecule has 0 radical (unpaired) electrons. The van der Waals surface area contributed by atoms with Crippen molar-refractivity contribution in [2.75, 3.05) is 20.6 Å². The van der Waals surface area contributed by atoms with E-state index in [-0.39, 0.29) is 0 Å². The summed E-state index contributed by atoms with van der Waals surface area (Å²) in [5, 5.41) is 0. The average Bonchev–Trinajstić information content (AvgIpc) is 1.59. The summed E-state index contributed by atoms with van der Waals surface area (Å²) in [5.74, 6) is 0. The molecule has 0 rings (SSSR count). The minimum absolute atomic E-state index is 0.751. The first-order valence-electron chi connectivity index (χ1n) is 4.06. The summed E-state index contributed by atoms with van der Waals surface area (Å²) in [6.07, 6.45) is 1.38. The predicted octanol–water partition coefficient (Wildman–Crippen LogP) is 2.28. The zero-order chi connectivity index (χ0) is 8.20. The van der Waals surface area contributed by atoms with Crippen molar-refractivity contribution in [2.24, 2.45) is 0 Å². The average molecular weight is 159 g/mol. The molecule has 0 aliphatic rings. The SMILES string of the molecule is CN(C)CCC[Si](C)(C)C. The molecule has 1 nitrogen and oxygen atoms in total. The molecule has 0 N–H and O–H groups in total. The Morgan fingerprint density at radius 1 is 1.10 bits per heavy atom. The van der Waals surface area contributed by atoms with Crippen LogP contribution in [0.5, 0.6) is 0 Å². The van der Waals surface area contributed by atoms with E-state index in [1.54, 1.807) is 0 Å². The van der Waals surface area contributed by atoms with Crippen LogP contribution in [0.3, 0.4) is 0 Å². The van der Waals surface area contributed by atoms with Crippen molar-refractivity contribution in [1.29, 1.82) is 0 Å². The maximum Gasteiger partial charge on any atom is 0.0443 e.